The lowest BCUT2D eigenvalue weighted by Crippen LogP contribution is -2.11. The zero-order chi connectivity index (χ0) is 20.1. The summed E-state index contributed by atoms with van der Waals surface area (Å²) in [6, 6.07) is 6.84. The van der Waals surface area contributed by atoms with Crippen molar-refractivity contribution in [1.82, 2.24) is 0 Å². The Kier molecular flexibility index (Phi) is 10.8. The van der Waals surface area contributed by atoms with E-state index in [-0.39, 0.29) is 11.9 Å². The molecule has 0 saturated carbocycles. The second-order valence-corrected chi connectivity index (χ2v) is 8.33. The molecule has 4 heteroatoms. The van der Waals surface area contributed by atoms with Crippen molar-refractivity contribution in [2.24, 2.45) is 5.41 Å². The fraction of sp³-hybridized carbons (Fsp3) is 0.652. The number of carbonyl (C=O) groups is 2. The smallest absolute Gasteiger partial charge is 0.311 e. The van der Waals surface area contributed by atoms with Gasteiger partial charge in [0, 0.05) is 12.8 Å². The molecule has 0 atom stereocenters. The van der Waals surface area contributed by atoms with E-state index in [1.165, 1.54) is 19.3 Å². The molecule has 0 bridgehead atoms. The molecule has 0 N–H and O–H groups in total. The van der Waals surface area contributed by atoms with E-state index in [1.807, 2.05) is 6.92 Å². The molecule has 27 heavy (non-hydrogen) atoms. The van der Waals surface area contributed by atoms with Crippen molar-refractivity contribution >= 4 is 11.9 Å². The van der Waals surface area contributed by atoms with E-state index in [9.17, 15) is 9.59 Å². The summed E-state index contributed by atoms with van der Waals surface area (Å²) in [6.45, 7) is 8.82. The third kappa shape index (κ3) is 11.5. The summed E-state index contributed by atoms with van der Waals surface area (Å²) < 4.78 is 10.7. The monoisotopic (exact) mass is 376 g/mol. The minimum atomic E-state index is -0.296. The van der Waals surface area contributed by atoms with Gasteiger partial charge < -0.3 is 9.47 Å². The van der Waals surface area contributed by atoms with Gasteiger partial charge in [-0.15, -0.1) is 0 Å². The van der Waals surface area contributed by atoms with Crippen LogP contribution in [-0.2, 0) is 9.59 Å². The lowest BCUT2D eigenvalue weighted by Gasteiger charge is -2.17. The molecule has 1 rings (SSSR count). The molecule has 0 aliphatic rings. The Hall–Kier alpha value is -1.84. The van der Waals surface area contributed by atoms with E-state index < -0.39 is 0 Å². The Bertz CT molecular complexity index is 572. The summed E-state index contributed by atoms with van der Waals surface area (Å²) in [7, 11) is 0. The Morgan fingerprint density at radius 3 is 1.78 bits per heavy atom. The van der Waals surface area contributed by atoms with Crippen LogP contribution < -0.4 is 9.47 Å². The fourth-order valence-corrected chi connectivity index (χ4v) is 2.74. The van der Waals surface area contributed by atoms with Crippen LogP contribution in [0.1, 0.15) is 91.9 Å². The Morgan fingerprint density at radius 2 is 1.26 bits per heavy atom. The molecule has 0 aliphatic carbocycles. The highest BCUT2D eigenvalue weighted by molar-refractivity contribution is 5.76. The minimum Gasteiger partial charge on any atom is -0.423 e. The maximum absolute atomic E-state index is 12.1. The summed E-state index contributed by atoms with van der Waals surface area (Å²) in [4.78, 5) is 23.9. The molecule has 152 valence electrons. The first-order valence-electron chi connectivity index (χ1n) is 10.3. The van der Waals surface area contributed by atoms with Gasteiger partial charge in [0.15, 0.2) is 11.5 Å². The van der Waals surface area contributed by atoms with Gasteiger partial charge in [-0.25, -0.2) is 0 Å². The molecule has 0 radical (unpaired) electrons. The van der Waals surface area contributed by atoms with Crippen LogP contribution in [0, 0.1) is 5.41 Å². The van der Waals surface area contributed by atoms with Crippen molar-refractivity contribution in [2.75, 3.05) is 0 Å². The topological polar surface area (TPSA) is 52.6 Å². The first-order chi connectivity index (χ1) is 12.8. The van der Waals surface area contributed by atoms with Crippen molar-refractivity contribution in [1.29, 1.82) is 0 Å². The lowest BCUT2D eigenvalue weighted by atomic mass is 9.89. The minimum absolute atomic E-state index is 0.276. The Morgan fingerprint density at radius 1 is 0.778 bits per heavy atom. The molecule has 0 spiro atoms. The van der Waals surface area contributed by atoms with Gasteiger partial charge in [-0.2, -0.15) is 0 Å². The summed E-state index contributed by atoms with van der Waals surface area (Å²) in [5, 5.41) is 0. The molecule has 0 saturated heterocycles. The predicted molar refractivity (Wildman–Crippen MR) is 109 cm³/mol. The van der Waals surface area contributed by atoms with Crippen molar-refractivity contribution in [2.45, 2.75) is 91.9 Å². The average molecular weight is 377 g/mol. The van der Waals surface area contributed by atoms with E-state index in [0.29, 0.717) is 29.8 Å². The van der Waals surface area contributed by atoms with Crippen molar-refractivity contribution in [3.8, 4) is 11.5 Å². The first-order valence-corrected chi connectivity index (χ1v) is 10.3. The third-order valence-corrected chi connectivity index (χ3v) is 4.34. The van der Waals surface area contributed by atoms with Gasteiger partial charge >= 0.3 is 11.9 Å². The van der Waals surface area contributed by atoms with Crippen molar-refractivity contribution in [3.63, 3.8) is 0 Å². The Balaban J connectivity index is 2.31. The van der Waals surface area contributed by atoms with E-state index in [0.717, 1.165) is 32.1 Å². The molecule has 1 aromatic carbocycles. The van der Waals surface area contributed by atoms with E-state index in [2.05, 4.69) is 20.8 Å². The second kappa shape index (κ2) is 12.5. The second-order valence-electron chi connectivity index (χ2n) is 8.33. The zero-order valence-electron chi connectivity index (χ0n) is 17.5. The Labute approximate surface area is 164 Å². The standard InChI is InChI=1S/C23H36O4/c1-5-6-16-21(24)26-19-14-11-12-15-20(19)27-22(25)17-10-8-7-9-13-18-23(2,3)4/h11-12,14-15H,5-10,13,16-18H2,1-4H3. The van der Waals surface area contributed by atoms with Crippen LogP contribution in [0.2, 0.25) is 0 Å². The number of benzene rings is 1. The molecule has 0 aliphatic heterocycles. The summed E-state index contributed by atoms with van der Waals surface area (Å²) in [5.74, 6) is 0.0593. The normalized spacial score (nSPS) is 11.3. The maximum Gasteiger partial charge on any atom is 0.311 e. The highest BCUT2D eigenvalue weighted by Crippen LogP contribution is 2.27. The summed E-state index contributed by atoms with van der Waals surface area (Å²) >= 11 is 0. The third-order valence-electron chi connectivity index (χ3n) is 4.34. The van der Waals surface area contributed by atoms with Gasteiger partial charge in [-0.1, -0.05) is 71.9 Å². The molecule has 0 heterocycles. The van der Waals surface area contributed by atoms with E-state index in [4.69, 9.17) is 9.47 Å². The molecule has 0 aromatic heterocycles. The predicted octanol–water partition coefficient (Wildman–Crippen LogP) is 6.46. The first kappa shape index (κ1) is 23.2. The molecule has 0 amide bonds. The highest BCUT2D eigenvalue weighted by atomic mass is 16.6. The molecule has 1 aromatic rings. The van der Waals surface area contributed by atoms with E-state index >= 15 is 0 Å². The van der Waals surface area contributed by atoms with Crippen molar-refractivity contribution < 1.29 is 19.1 Å². The van der Waals surface area contributed by atoms with Gasteiger partial charge in [-0.3, -0.25) is 9.59 Å². The van der Waals surface area contributed by atoms with Gasteiger partial charge in [-0.05, 0) is 36.8 Å². The number of unbranched alkanes of at least 4 members (excludes halogenated alkanes) is 5. The number of hydrogen-bond donors (Lipinski definition) is 0. The molecule has 0 fully saturated rings. The molecule has 4 nitrogen and oxygen atoms in total. The van der Waals surface area contributed by atoms with E-state index in [1.54, 1.807) is 24.3 Å². The van der Waals surface area contributed by atoms with Crippen LogP contribution >= 0.6 is 0 Å². The van der Waals surface area contributed by atoms with Crippen LogP contribution in [-0.4, -0.2) is 11.9 Å². The van der Waals surface area contributed by atoms with Gasteiger partial charge in [0.25, 0.3) is 0 Å². The number of ether oxygens (including phenoxy) is 2. The van der Waals surface area contributed by atoms with Gasteiger partial charge in [0.2, 0.25) is 0 Å². The number of rotatable bonds is 12. The van der Waals surface area contributed by atoms with Crippen LogP contribution in [0.15, 0.2) is 24.3 Å². The number of para-hydroxylation sites is 2. The summed E-state index contributed by atoms with van der Waals surface area (Å²) in [5.41, 5.74) is 0.400. The van der Waals surface area contributed by atoms with Gasteiger partial charge in [0.1, 0.15) is 0 Å². The fourth-order valence-electron chi connectivity index (χ4n) is 2.74. The van der Waals surface area contributed by atoms with Crippen LogP contribution in [0.3, 0.4) is 0 Å². The molecular formula is C23H36O4. The quantitative estimate of drug-likeness (QED) is 0.238. The number of carbonyl (C=O) groups excluding carboxylic acids is 2. The maximum atomic E-state index is 12.1. The molecular weight excluding hydrogens is 340 g/mol. The summed E-state index contributed by atoms with van der Waals surface area (Å²) in [6.07, 6.45) is 9.18. The SMILES string of the molecule is CCCCC(=O)Oc1ccccc1OC(=O)CCCCCCCC(C)(C)C. The van der Waals surface area contributed by atoms with Crippen LogP contribution in [0.5, 0.6) is 11.5 Å². The number of hydrogen-bond acceptors (Lipinski definition) is 4. The van der Waals surface area contributed by atoms with Gasteiger partial charge in [0.05, 0.1) is 0 Å². The van der Waals surface area contributed by atoms with Crippen LogP contribution in [0.25, 0.3) is 0 Å². The number of esters is 2. The zero-order valence-corrected chi connectivity index (χ0v) is 17.5. The average Bonchev–Trinajstić information content (AvgIpc) is 2.60. The van der Waals surface area contributed by atoms with Crippen LogP contribution in [0.4, 0.5) is 0 Å². The van der Waals surface area contributed by atoms with Crippen molar-refractivity contribution in [3.05, 3.63) is 24.3 Å². The lowest BCUT2D eigenvalue weighted by molar-refractivity contribution is -0.137. The largest absolute Gasteiger partial charge is 0.423 e. The molecule has 0 unspecified atom stereocenters. The highest BCUT2D eigenvalue weighted by Gasteiger charge is 2.13.